The smallest absolute Gasteiger partial charge is 0.244 e. The minimum absolute atomic E-state index is 0.171. The molecule has 1 aromatic rings. The standard InChI is InChI=1S/C16H25ClN4O/c1-11-16(17)12(2)21(18-11)10-15(22)20-9-5-7-14(20)13-6-4-8-19(13)3/h13-14H,4-10H2,1-3H3/t13-,14-/m0/s1. The van der Waals surface area contributed by atoms with Crippen LogP contribution in [0.4, 0.5) is 0 Å². The van der Waals surface area contributed by atoms with E-state index in [0.717, 1.165) is 37.3 Å². The minimum Gasteiger partial charge on any atom is -0.337 e. The molecular weight excluding hydrogens is 300 g/mol. The van der Waals surface area contributed by atoms with Gasteiger partial charge in [0.1, 0.15) is 6.54 Å². The first-order valence-electron chi connectivity index (χ1n) is 8.18. The Morgan fingerprint density at radius 1 is 1.23 bits per heavy atom. The van der Waals surface area contributed by atoms with E-state index in [1.165, 1.54) is 12.8 Å². The molecule has 0 radical (unpaired) electrons. The number of likely N-dealkylation sites (N-methyl/N-ethyl adjacent to an activating group) is 1. The highest BCUT2D eigenvalue weighted by molar-refractivity contribution is 6.31. The van der Waals surface area contributed by atoms with Gasteiger partial charge in [0.2, 0.25) is 5.91 Å². The Labute approximate surface area is 137 Å². The average molecular weight is 325 g/mol. The molecular formula is C16H25ClN4O. The van der Waals surface area contributed by atoms with Crippen LogP contribution < -0.4 is 0 Å². The monoisotopic (exact) mass is 324 g/mol. The third kappa shape index (κ3) is 2.76. The molecule has 22 heavy (non-hydrogen) atoms. The van der Waals surface area contributed by atoms with Crippen LogP contribution in [0.25, 0.3) is 0 Å². The summed E-state index contributed by atoms with van der Waals surface area (Å²) in [6, 6.07) is 0.892. The number of aromatic nitrogens is 2. The zero-order valence-electron chi connectivity index (χ0n) is 13.7. The lowest BCUT2D eigenvalue weighted by molar-refractivity contribution is -0.133. The number of rotatable bonds is 3. The summed E-state index contributed by atoms with van der Waals surface area (Å²) in [6.45, 7) is 6.12. The molecule has 122 valence electrons. The SMILES string of the molecule is Cc1nn(CC(=O)N2CCC[C@H]2[C@@H]2CCCN2C)c(C)c1Cl. The first-order valence-corrected chi connectivity index (χ1v) is 8.56. The van der Waals surface area contributed by atoms with Crippen LogP contribution in [0, 0.1) is 13.8 Å². The zero-order chi connectivity index (χ0) is 15.9. The predicted molar refractivity (Wildman–Crippen MR) is 87.1 cm³/mol. The highest BCUT2D eigenvalue weighted by Crippen LogP contribution is 2.29. The van der Waals surface area contributed by atoms with Crippen molar-refractivity contribution in [2.45, 2.75) is 58.2 Å². The summed E-state index contributed by atoms with van der Waals surface area (Å²) in [7, 11) is 2.18. The van der Waals surface area contributed by atoms with Crippen molar-refractivity contribution >= 4 is 17.5 Å². The summed E-state index contributed by atoms with van der Waals surface area (Å²) < 4.78 is 1.74. The topological polar surface area (TPSA) is 41.4 Å². The molecule has 2 aliphatic rings. The number of amides is 1. The number of aryl methyl sites for hydroxylation is 1. The van der Waals surface area contributed by atoms with Gasteiger partial charge in [-0.1, -0.05) is 11.6 Å². The maximum absolute atomic E-state index is 12.8. The van der Waals surface area contributed by atoms with Gasteiger partial charge >= 0.3 is 0 Å². The fraction of sp³-hybridized carbons (Fsp3) is 0.750. The molecule has 5 nitrogen and oxygen atoms in total. The molecule has 2 aliphatic heterocycles. The van der Waals surface area contributed by atoms with Gasteiger partial charge in [-0.2, -0.15) is 5.10 Å². The Hall–Kier alpha value is -1.07. The van der Waals surface area contributed by atoms with Gasteiger partial charge in [0.15, 0.2) is 0 Å². The Morgan fingerprint density at radius 3 is 2.50 bits per heavy atom. The van der Waals surface area contributed by atoms with Crippen molar-refractivity contribution in [3.63, 3.8) is 0 Å². The average Bonchev–Trinajstić information content (AvgIpc) is 3.16. The first kappa shape index (κ1) is 15.8. The van der Waals surface area contributed by atoms with Crippen LogP contribution in [0.5, 0.6) is 0 Å². The number of likely N-dealkylation sites (tertiary alicyclic amines) is 2. The molecule has 2 saturated heterocycles. The first-order chi connectivity index (χ1) is 10.5. The molecule has 0 N–H and O–H groups in total. The minimum atomic E-state index is 0.171. The van der Waals surface area contributed by atoms with Crippen molar-refractivity contribution in [3.05, 3.63) is 16.4 Å². The van der Waals surface area contributed by atoms with E-state index in [-0.39, 0.29) is 5.91 Å². The van der Waals surface area contributed by atoms with Crippen molar-refractivity contribution in [1.82, 2.24) is 19.6 Å². The van der Waals surface area contributed by atoms with Gasteiger partial charge in [-0.25, -0.2) is 0 Å². The zero-order valence-corrected chi connectivity index (χ0v) is 14.4. The van der Waals surface area contributed by atoms with E-state index < -0.39 is 0 Å². The van der Waals surface area contributed by atoms with Crippen molar-refractivity contribution in [2.24, 2.45) is 0 Å². The highest BCUT2D eigenvalue weighted by Gasteiger charge is 2.38. The van der Waals surface area contributed by atoms with Crippen LogP contribution in [0.3, 0.4) is 0 Å². The second-order valence-electron chi connectivity index (χ2n) is 6.63. The molecule has 0 bridgehead atoms. The second kappa shape index (κ2) is 6.20. The van der Waals surface area contributed by atoms with Gasteiger partial charge in [0, 0.05) is 18.6 Å². The number of halogens is 1. The normalized spacial score (nSPS) is 26.1. The largest absolute Gasteiger partial charge is 0.337 e. The quantitative estimate of drug-likeness (QED) is 0.856. The van der Waals surface area contributed by atoms with Gasteiger partial charge in [-0.3, -0.25) is 9.48 Å². The number of carbonyl (C=O) groups excluding carboxylic acids is 1. The van der Waals surface area contributed by atoms with Crippen LogP contribution in [0.15, 0.2) is 0 Å². The number of nitrogens with zero attached hydrogens (tertiary/aromatic N) is 4. The molecule has 1 amide bonds. The molecule has 2 atom stereocenters. The maximum atomic E-state index is 12.8. The number of hydrogen-bond donors (Lipinski definition) is 0. The lowest BCUT2D eigenvalue weighted by Crippen LogP contribution is -2.48. The third-order valence-corrected chi connectivity index (χ3v) is 5.77. The van der Waals surface area contributed by atoms with Crippen LogP contribution in [-0.2, 0) is 11.3 Å². The van der Waals surface area contributed by atoms with E-state index in [4.69, 9.17) is 11.6 Å². The lowest BCUT2D eigenvalue weighted by atomic mass is 10.0. The van der Waals surface area contributed by atoms with E-state index in [1.54, 1.807) is 4.68 Å². The summed E-state index contributed by atoms with van der Waals surface area (Å²) in [5, 5.41) is 5.05. The van der Waals surface area contributed by atoms with Gasteiger partial charge in [0.05, 0.1) is 16.4 Å². The molecule has 1 aromatic heterocycles. The summed E-state index contributed by atoms with van der Waals surface area (Å²) in [6.07, 6.45) is 4.68. The van der Waals surface area contributed by atoms with Crippen LogP contribution in [-0.4, -0.2) is 57.7 Å². The van der Waals surface area contributed by atoms with E-state index in [1.807, 2.05) is 13.8 Å². The van der Waals surface area contributed by atoms with E-state index >= 15 is 0 Å². The van der Waals surface area contributed by atoms with Gasteiger partial charge < -0.3 is 9.80 Å². The molecule has 0 saturated carbocycles. The molecule has 6 heteroatoms. The fourth-order valence-corrected chi connectivity index (χ4v) is 4.11. The Balaban J connectivity index is 1.72. The van der Waals surface area contributed by atoms with Gasteiger partial charge in [-0.05, 0) is 53.1 Å². The summed E-state index contributed by atoms with van der Waals surface area (Å²) in [4.78, 5) is 17.3. The molecule has 0 aliphatic carbocycles. The Morgan fingerprint density at radius 2 is 1.91 bits per heavy atom. The lowest BCUT2D eigenvalue weighted by Gasteiger charge is -2.33. The fourth-order valence-electron chi connectivity index (χ4n) is 3.97. The summed E-state index contributed by atoms with van der Waals surface area (Å²) in [5.74, 6) is 0.171. The summed E-state index contributed by atoms with van der Waals surface area (Å²) >= 11 is 6.18. The Kier molecular flexibility index (Phi) is 4.46. The number of hydrogen-bond acceptors (Lipinski definition) is 3. The van der Waals surface area contributed by atoms with Crippen LogP contribution >= 0.6 is 11.6 Å². The number of carbonyl (C=O) groups is 1. The molecule has 3 heterocycles. The van der Waals surface area contributed by atoms with Crippen LogP contribution in [0.2, 0.25) is 5.02 Å². The van der Waals surface area contributed by atoms with Gasteiger partial charge in [-0.15, -0.1) is 0 Å². The van der Waals surface area contributed by atoms with E-state index in [0.29, 0.717) is 23.7 Å². The van der Waals surface area contributed by atoms with Gasteiger partial charge in [0.25, 0.3) is 0 Å². The van der Waals surface area contributed by atoms with E-state index in [2.05, 4.69) is 21.9 Å². The van der Waals surface area contributed by atoms with Crippen molar-refractivity contribution in [1.29, 1.82) is 0 Å². The Bertz CT molecular complexity index is 571. The summed E-state index contributed by atoms with van der Waals surface area (Å²) in [5.41, 5.74) is 1.67. The molecule has 3 rings (SSSR count). The predicted octanol–water partition coefficient (Wildman–Crippen LogP) is 2.24. The van der Waals surface area contributed by atoms with Crippen molar-refractivity contribution in [2.75, 3.05) is 20.1 Å². The van der Waals surface area contributed by atoms with Crippen molar-refractivity contribution in [3.8, 4) is 0 Å². The molecule has 2 fully saturated rings. The molecule has 0 spiro atoms. The van der Waals surface area contributed by atoms with Crippen LogP contribution in [0.1, 0.15) is 37.1 Å². The van der Waals surface area contributed by atoms with Crippen molar-refractivity contribution < 1.29 is 4.79 Å². The molecule has 0 aromatic carbocycles. The second-order valence-corrected chi connectivity index (χ2v) is 7.01. The maximum Gasteiger partial charge on any atom is 0.244 e. The molecule has 0 unspecified atom stereocenters. The van der Waals surface area contributed by atoms with E-state index in [9.17, 15) is 4.79 Å². The highest BCUT2D eigenvalue weighted by atomic mass is 35.5. The third-order valence-electron chi connectivity index (χ3n) is 5.22.